The van der Waals surface area contributed by atoms with Crippen LogP contribution < -0.4 is 10.6 Å². The van der Waals surface area contributed by atoms with Gasteiger partial charge in [0.25, 0.3) is 30.4 Å². The second-order valence-corrected chi connectivity index (χ2v) is 12.6. The lowest BCUT2D eigenvalue weighted by atomic mass is 10.1. The molecule has 4 aromatic rings. The van der Waals surface area contributed by atoms with E-state index in [2.05, 4.69) is 20.9 Å². The normalized spacial score (nSPS) is 12.8. The largest absolute Gasteiger partial charge is 0.505 e. The lowest BCUT2D eigenvalue weighted by Gasteiger charge is -2.12. The lowest BCUT2D eigenvalue weighted by molar-refractivity contribution is -0.115. The quantitative estimate of drug-likeness (QED) is 0.122. The first kappa shape index (κ1) is 29.9. The maximum Gasteiger partial charge on any atom is 0.297 e. The number of benzene rings is 4. The molecular formula is C23H20N4O11S3. The van der Waals surface area contributed by atoms with Crippen molar-refractivity contribution in [2.45, 2.75) is 14.7 Å². The third-order valence-corrected chi connectivity index (χ3v) is 8.42. The summed E-state index contributed by atoms with van der Waals surface area (Å²) in [6, 6.07) is 10.2. The summed E-state index contributed by atoms with van der Waals surface area (Å²) in [6.07, 6.45) is 0. The molecule has 18 heteroatoms. The van der Waals surface area contributed by atoms with Crippen molar-refractivity contribution in [1.29, 1.82) is 0 Å². The molecule has 4 aromatic carbocycles. The fourth-order valence-corrected chi connectivity index (χ4v) is 6.24. The van der Waals surface area contributed by atoms with E-state index in [1.807, 2.05) is 0 Å². The highest BCUT2D eigenvalue weighted by Gasteiger charge is 2.25. The molecule has 0 radical (unpaired) electrons. The fourth-order valence-electron chi connectivity index (χ4n) is 4.05. The number of fused-ring (bicyclic) bond motifs is 2. The highest BCUT2D eigenvalue weighted by molar-refractivity contribution is 7.86. The summed E-state index contributed by atoms with van der Waals surface area (Å²) >= 11 is 0. The number of carbonyl (C=O) groups is 1. The zero-order valence-corrected chi connectivity index (χ0v) is 23.1. The van der Waals surface area contributed by atoms with Crippen molar-refractivity contribution >= 4 is 74.9 Å². The molecule has 41 heavy (non-hydrogen) atoms. The van der Waals surface area contributed by atoms with Crippen LogP contribution >= 0.6 is 0 Å². The number of phenolic OH excluding ortho intramolecular Hbond substituents is 1. The number of nitrogens with zero attached hydrogens (tertiary/aromatic N) is 2. The summed E-state index contributed by atoms with van der Waals surface area (Å²) in [4.78, 5) is 9.42. The van der Waals surface area contributed by atoms with E-state index < -0.39 is 68.1 Å². The molecule has 0 heterocycles. The van der Waals surface area contributed by atoms with Gasteiger partial charge in [0.05, 0.1) is 6.54 Å². The van der Waals surface area contributed by atoms with E-state index in [0.717, 1.165) is 36.4 Å². The number of rotatable bonds is 8. The molecule has 216 valence electrons. The first-order valence-electron chi connectivity index (χ1n) is 11.2. The van der Waals surface area contributed by atoms with Crippen LogP contribution in [0.3, 0.4) is 0 Å². The summed E-state index contributed by atoms with van der Waals surface area (Å²) in [6.45, 7) is -0.0290. The average molecular weight is 625 g/mol. The third kappa shape index (κ3) is 6.17. The van der Waals surface area contributed by atoms with E-state index in [-0.39, 0.29) is 33.8 Å². The number of anilines is 1. The van der Waals surface area contributed by atoms with Gasteiger partial charge in [-0.05, 0) is 42.8 Å². The van der Waals surface area contributed by atoms with Gasteiger partial charge in [-0.1, -0.05) is 24.3 Å². The smallest absolute Gasteiger partial charge is 0.297 e. The molecule has 1 amide bonds. The Balaban J connectivity index is 1.97. The van der Waals surface area contributed by atoms with Crippen molar-refractivity contribution in [2.75, 3.05) is 18.9 Å². The number of hydrogen-bond donors (Lipinski definition) is 6. The number of nitrogens with one attached hydrogen (secondary N) is 2. The van der Waals surface area contributed by atoms with Crippen LogP contribution in [0.15, 0.2) is 79.5 Å². The van der Waals surface area contributed by atoms with Gasteiger partial charge in [0, 0.05) is 21.8 Å². The Labute approximate surface area is 232 Å². The molecule has 0 saturated carbocycles. The minimum Gasteiger partial charge on any atom is -0.505 e. The van der Waals surface area contributed by atoms with E-state index in [4.69, 9.17) is 0 Å². The molecule has 4 rings (SSSR count). The predicted octanol–water partition coefficient (Wildman–Crippen LogP) is 3.01. The highest BCUT2D eigenvalue weighted by Crippen LogP contribution is 2.43. The van der Waals surface area contributed by atoms with Gasteiger partial charge in [-0.3, -0.25) is 18.5 Å². The summed E-state index contributed by atoms with van der Waals surface area (Å²) in [5.41, 5.74) is -1.21. The fraction of sp³-hybridized carbons (Fsp3) is 0.0870. The Morgan fingerprint density at radius 1 is 0.780 bits per heavy atom. The van der Waals surface area contributed by atoms with Crippen LogP contribution in [0.25, 0.3) is 21.5 Å². The van der Waals surface area contributed by atoms with E-state index >= 15 is 0 Å². The van der Waals surface area contributed by atoms with Gasteiger partial charge in [0.15, 0.2) is 5.75 Å². The first-order valence-corrected chi connectivity index (χ1v) is 15.5. The minimum absolute atomic E-state index is 0.0279. The van der Waals surface area contributed by atoms with Gasteiger partial charge in [-0.2, -0.15) is 25.3 Å². The maximum absolute atomic E-state index is 12.3. The predicted molar refractivity (Wildman–Crippen MR) is 146 cm³/mol. The van der Waals surface area contributed by atoms with Crippen LogP contribution in [0.1, 0.15) is 0 Å². The first-order chi connectivity index (χ1) is 19.0. The van der Waals surface area contributed by atoms with Crippen molar-refractivity contribution in [2.24, 2.45) is 10.2 Å². The van der Waals surface area contributed by atoms with Crippen molar-refractivity contribution in [3.63, 3.8) is 0 Å². The van der Waals surface area contributed by atoms with Crippen molar-refractivity contribution < 1.29 is 48.8 Å². The van der Waals surface area contributed by atoms with Crippen molar-refractivity contribution in [3.8, 4) is 5.75 Å². The number of carbonyl (C=O) groups excluding carboxylic acids is 1. The number of aromatic hydroxyl groups is 1. The summed E-state index contributed by atoms with van der Waals surface area (Å²) < 4.78 is 102. The molecule has 0 aliphatic heterocycles. The monoisotopic (exact) mass is 624 g/mol. The molecule has 0 unspecified atom stereocenters. The van der Waals surface area contributed by atoms with Crippen LogP contribution in [0.2, 0.25) is 0 Å². The Hall–Kier alpha value is -4.04. The molecule has 0 bridgehead atoms. The second kappa shape index (κ2) is 10.7. The molecule has 0 saturated heterocycles. The Kier molecular flexibility index (Phi) is 7.84. The molecule has 0 aromatic heterocycles. The van der Waals surface area contributed by atoms with E-state index in [0.29, 0.717) is 0 Å². The van der Waals surface area contributed by atoms with Gasteiger partial charge < -0.3 is 15.7 Å². The van der Waals surface area contributed by atoms with Crippen LogP contribution in [0, 0.1) is 0 Å². The molecule has 15 nitrogen and oxygen atoms in total. The SMILES string of the molecule is CNCC(=O)Nc1ccc2cc(S(=O)(=O)O)c(N=Nc3ccc4c(S(=O)(=O)O)cccc4c3S(=O)(=O)O)c(O)c2c1. The number of likely N-dealkylation sites (N-methyl/N-ethyl adjacent to an activating group) is 1. The number of azo groups is 1. The molecule has 0 atom stereocenters. The Bertz CT molecular complexity index is 2090. The topological polar surface area (TPSA) is 249 Å². The summed E-state index contributed by atoms with van der Waals surface area (Å²) in [7, 11) is -13.4. The van der Waals surface area contributed by atoms with Crippen LogP contribution in [0.5, 0.6) is 5.75 Å². The lowest BCUT2D eigenvalue weighted by Crippen LogP contribution is -2.24. The van der Waals surface area contributed by atoms with Gasteiger partial charge in [-0.25, -0.2) is 0 Å². The molecule has 6 N–H and O–H groups in total. The van der Waals surface area contributed by atoms with E-state index in [1.165, 1.54) is 18.2 Å². The van der Waals surface area contributed by atoms with Crippen molar-refractivity contribution in [3.05, 3.63) is 54.6 Å². The number of amides is 1. The minimum atomic E-state index is -5.14. The van der Waals surface area contributed by atoms with Crippen molar-refractivity contribution in [1.82, 2.24) is 5.32 Å². The van der Waals surface area contributed by atoms with E-state index in [9.17, 15) is 48.8 Å². The van der Waals surface area contributed by atoms with Crippen LogP contribution in [0.4, 0.5) is 17.1 Å². The number of hydrogen-bond acceptors (Lipinski definition) is 11. The molecule has 0 aliphatic carbocycles. The maximum atomic E-state index is 12.3. The third-order valence-electron chi connectivity index (χ3n) is 5.70. The number of phenols is 1. The Morgan fingerprint density at radius 2 is 1.46 bits per heavy atom. The molecule has 0 aliphatic rings. The van der Waals surface area contributed by atoms with Gasteiger partial charge in [0.2, 0.25) is 5.91 Å². The molecular weight excluding hydrogens is 604 g/mol. The second-order valence-electron chi connectivity index (χ2n) is 8.48. The van der Waals surface area contributed by atoms with Crippen LogP contribution in [-0.4, -0.2) is 63.5 Å². The van der Waals surface area contributed by atoms with Crippen LogP contribution in [-0.2, 0) is 35.1 Å². The highest BCUT2D eigenvalue weighted by atomic mass is 32.2. The zero-order chi connectivity index (χ0) is 30.3. The van der Waals surface area contributed by atoms with E-state index in [1.54, 1.807) is 7.05 Å². The Morgan fingerprint density at radius 3 is 2.07 bits per heavy atom. The molecule has 0 spiro atoms. The zero-order valence-electron chi connectivity index (χ0n) is 20.7. The summed E-state index contributed by atoms with van der Waals surface area (Å²) in [5, 5.41) is 22.9. The standard InChI is InChI=1S/C23H20N4O11S3/c1-24-11-20(28)25-13-6-5-12-9-19(40(33,34)35)21(22(29)16(12)10-13)27-26-17-8-7-14-15(23(17)41(36,37)38)3-2-4-18(14)39(30,31)32/h2-10,24,29H,11H2,1H3,(H,25,28)(H,30,31,32)(H,33,34,35)(H,36,37,38). The summed E-state index contributed by atoms with van der Waals surface area (Å²) in [5.74, 6) is -1.24. The average Bonchev–Trinajstić information content (AvgIpc) is 2.85. The van der Waals surface area contributed by atoms with Gasteiger partial charge >= 0.3 is 0 Å². The molecule has 0 fully saturated rings. The van der Waals surface area contributed by atoms with Gasteiger partial charge in [0.1, 0.15) is 26.1 Å². The van der Waals surface area contributed by atoms with Gasteiger partial charge in [-0.15, -0.1) is 10.2 Å².